The van der Waals surface area contributed by atoms with Gasteiger partial charge in [-0.25, -0.2) is 4.57 Å². The zero-order chi connectivity index (χ0) is 46.3. The summed E-state index contributed by atoms with van der Waals surface area (Å²) in [7, 11) is 1.21. The van der Waals surface area contributed by atoms with Crippen LogP contribution in [0, 0.1) is 0 Å². The van der Waals surface area contributed by atoms with E-state index >= 15 is 0 Å². The first kappa shape index (κ1) is 59.3. The summed E-state index contributed by atoms with van der Waals surface area (Å²) in [6, 6.07) is 0. The number of allylic oxidation sites excluding steroid dienone is 6. The predicted molar refractivity (Wildman–Crippen MR) is 248 cm³/mol. The Morgan fingerprint density at radius 2 is 1.21 bits per heavy atom. The number of carbonyl (C=O) groups excluding carboxylic acids is 2. The number of rotatable bonds is 40. The monoisotopic (exact) mass is 899 g/mol. The number of likely N-dealkylation sites (N-methyl/N-ethyl adjacent to an activating group) is 1. The van der Waals surface area contributed by atoms with Crippen LogP contribution in [-0.2, 0) is 32.7 Å². The number of quaternary nitrogens is 1. The van der Waals surface area contributed by atoms with Gasteiger partial charge in [-0.1, -0.05) is 170 Å². The zero-order valence-corrected chi connectivity index (χ0v) is 39.7. The van der Waals surface area contributed by atoms with Gasteiger partial charge in [0, 0.05) is 12.8 Å². The highest BCUT2D eigenvalue weighted by Crippen LogP contribution is 2.43. The second-order valence-electron chi connectivity index (χ2n) is 16.9. The molecule has 0 aliphatic heterocycles. The second kappa shape index (κ2) is 38.7. The van der Waals surface area contributed by atoms with Crippen LogP contribution in [0.25, 0.3) is 0 Å². The van der Waals surface area contributed by atoms with Gasteiger partial charge in [0.05, 0.1) is 52.2 Å². The van der Waals surface area contributed by atoms with Gasteiger partial charge in [0.25, 0.3) is 0 Å². The summed E-state index contributed by atoms with van der Waals surface area (Å²) < 4.78 is 34.0. The molecule has 0 rings (SSSR count). The van der Waals surface area contributed by atoms with Gasteiger partial charge in [-0.3, -0.25) is 18.6 Å². The van der Waals surface area contributed by atoms with Crippen molar-refractivity contribution in [2.45, 2.75) is 173 Å². The molecule has 0 radical (unpaired) electrons. The molecule has 0 aromatic heterocycles. The molecule has 6 unspecified atom stereocenters. The molecule has 0 aliphatic rings. The van der Waals surface area contributed by atoms with Crippen molar-refractivity contribution >= 4 is 19.8 Å². The summed E-state index contributed by atoms with van der Waals surface area (Å²) in [6.07, 6.45) is 34.7. The fourth-order valence-electron chi connectivity index (χ4n) is 5.84. The molecule has 0 spiro atoms. The molecule has 0 heterocycles. The molecule has 0 aromatic carbocycles. The minimum atomic E-state index is -4.49. The van der Waals surface area contributed by atoms with E-state index < -0.39 is 56.9 Å². The van der Waals surface area contributed by atoms with Gasteiger partial charge in [-0.05, 0) is 32.6 Å². The van der Waals surface area contributed by atoms with Gasteiger partial charge >= 0.3 is 19.8 Å². The highest BCUT2D eigenvalue weighted by molar-refractivity contribution is 7.47. The lowest BCUT2D eigenvalue weighted by Gasteiger charge is -2.24. The Morgan fingerprint density at radius 3 is 1.79 bits per heavy atom. The van der Waals surface area contributed by atoms with E-state index in [2.05, 4.69) is 6.92 Å². The van der Waals surface area contributed by atoms with Crippen molar-refractivity contribution in [1.29, 1.82) is 0 Å². The van der Waals surface area contributed by atoms with Gasteiger partial charge in [-0.15, -0.1) is 0 Å². The normalized spacial score (nSPS) is 16.2. The van der Waals surface area contributed by atoms with E-state index in [9.17, 15) is 39.5 Å². The highest BCUT2D eigenvalue weighted by Gasteiger charge is 2.27. The number of nitrogens with zero attached hydrogens (tertiary/aromatic N) is 1. The van der Waals surface area contributed by atoms with Crippen LogP contribution in [0.1, 0.15) is 142 Å². The fourth-order valence-corrected chi connectivity index (χ4v) is 6.58. The van der Waals surface area contributed by atoms with E-state index in [0.29, 0.717) is 30.3 Å². The molecular weight excluding hydrogens is 813 g/mol. The van der Waals surface area contributed by atoms with E-state index in [1.165, 1.54) is 88.9 Å². The molecular formula is C48H85NO12P+. The van der Waals surface area contributed by atoms with Crippen LogP contribution in [0.2, 0.25) is 0 Å². The van der Waals surface area contributed by atoms with Crippen LogP contribution in [0.5, 0.6) is 0 Å². The summed E-state index contributed by atoms with van der Waals surface area (Å²) in [5.41, 5.74) is 0. The molecule has 358 valence electrons. The standard InChI is InChI=1S/C48H84NO12P/c1-6-7-8-9-10-11-12-13-14-15-16-17-18-19-28-33-47(54)58-40-46(41-60-62(56,57)59-39-38-49(3,4)5)61-48(55)37-36-45(53)35-34-44(52)32-27-23-22-26-31-43(51)30-25-21-20-24-29-42(2)50/h21-27,29,31-32,34-35,42-46,50-53H,6-20,28,30,33,36-41H2,1-5H3/p+1/b23-22+,25-21+,29-24-,31-26-,32-27+,35-34+. The Kier molecular flexibility index (Phi) is 37.0. The number of esters is 2. The maximum atomic E-state index is 12.7. The number of hydrogen-bond acceptors (Lipinski definition) is 11. The minimum Gasteiger partial charge on any atom is -0.462 e. The Hall–Kier alpha value is -2.71. The van der Waals surface area contributed by atoms with E-state index in [0.717, 1.165) is 19.3 Å². The molecule has 0 aliphatic carbocycles. The second-order valence-corrected chi connectivity index (χ2v) is 18.4. The smallest absolute Gasteiger partial charge is 0.462 e. The SMILES string of the molecule is CCCCCCCCCCCCCCCCCC(=O)OCC(COP(=O)(O)OCC[N+](C)(C)C)OC(=O)CCC(O)/C=C/C(O)/C=C/C=C/C=C\C(O)C/C=C/C/C=C\C(C)O. The van der Waals surface area contributed by atoms with Crippen molar-refractivity contribution in [3.8, 4) is 0 Å². The van der Waals surface area contributed by atoms with Gasteiger partial charge in [-0.2, -0.15) is 0 Å². The number of phosphoric acid groups is 1. The molecule has 0 fully saturated rings. The number of hydrogen-bond donors (Lipinski definition) is 5. The molecule has 14 heteroatoms. The number of ether oxygens (including phenoxy) is 2. The maximum absolute atomic E-state index is 12.7. The first-order valence-corrected chi connectivity index (χ1v) is 24.5. The Balaban J connectivity index is 4.74. The average Bonchev–Trinajstić information content (AvgIpc) is 3.20. The molecule has 0 aromatic rings. The first-order valence-electron chi connectivity index (χ1n) is 23.0. The van der Waals surface area contributed by atoms with Crippen LogP contribution in [0.4, 0.5) is 0 Å². The van der Waals surface area contributed by atoms with Gasteiger partial charge in [0.1, 0.15) is 19.8 Å². The van der Waals surface area contributed by atoms with Crippen LogP contribution in [0.15, 0.2) is 72.9 Å². The van der Waals surface area contributed by atoms with Gasteiger partial charge in [0.15, 0.2) is 6.10 Å². The molecule has 6 atom stereocenters. The Bertz CT molecular complexity index is 1350. The lowest BCUT2D eigenvalue weighted by molar-refractivity contribution is -0.870. The van der Waals surface area contributed by atoms with Crippen LogP contribution >= 0.6 is 7.82 Å². The van der Waals surface area contributed by atoms with Crippen LogP contribution in [-0.4, -0.2) is 120 Å². The lowest BCUT2D eigenvalue weighted by Crippen LogP contribution is -2.37. The van der Waals surface area contributed by atoms with Gasteiger partial charge in [0.2, 0.25) is 0 Å². The number of aliphatic hydroxyl groups is 4. The highest BCUT2D eigenvalue weighted by atomic mass is 31.2. The first-order chi connectivity index (χ1) is 29.5. The number of phosphoric ester groups is 1. The third-order valence-electron chi connectivity index (χ3n) is 9.53. The molecule has 62 heavy (non-hydrogen) atoms. The molecule has 5 N–H and O–H groups in total. The maximum Gasteiger partial charge on any atom is 0.472 e. The largest absolute Gasteiger partial charge is 0.472 e. The summed E-state index contributed by atoms with van der Waals surface area (Å²) in [5.74, 6) is -1.21. The van der Waals surface area contributed by atoms with Gasteiger partial charge < -0.3 is 39.3 Å². The molecule has 0 saturated heterocycles. The quantitative estimate of drug-likeness (QED) is 0.00983. The summed E-state index contributed by atoms with van der Waals surface area (Å²) in [5, 5.41) is 39.8. The topological polar surface area (TPSA) is 189 Å². The fraction of sp³-hybridized carbons (Fsp3) is 0.708. The van der Waals surface area contributed by atoms with Crippen molar-refractivity contribution in [2.24, 2.45) is 0 Å². The van der Waals surface area contributed by atoms with E-state index in [4.69, 9.17) is 18.5 Å². The van der Waals surface area contributed by atoms with Crippen molar-refractivity contribution in [3.63, 3.8) is 0 Å². The summed E-state index contributed by atoms with van der Waals surface area (Å²) in [6.45, 7) is 3.39. The number of aliphatic hydroxyl groups excluding tert-OH is 4. The third-order valence-corrected chi connectivity index (χ3v) is 10.5. The minimum absolute atomic E-state index is 0.0360. The van der Waals surface area contributed by atoms with Crippen molar-refractivity contribution in [1.82, 2.24) is 0 Å². The Morgan fingerprint density at radius 1 is 0.629 bits per heavy atom. The molecule has 0 saturated carbocycles. The van der Waals surface area contributed by atoms with Crippen molar-refractivity contribution < 1.29 is 62.5 Å². The van der Waals surface area contributed by atoms with Crippen molar-refractivity contribution in [2.75, 3.05) is 47.5 Å². The summed E-state index contributed by atoms with van der Waals surface area (Å²) >= 11 is 0. The third kappa shape index (κ3) is 42.6. The van der Waals surface area contributed by atoms with Crippen molar-refractivity contribution in [3.05, 3.63) is 72.9 Å². The average molecular weight is 899 g/mol. The zero-order valence-electron chi connectivity index (χ0n) is 38.8. The molecule has 0 amide bonds. The van der Waals surface area contributed by atoms with E-state index in [-0.39, 0.29) is 32.5 Å². The van der Waals surface area contributed by atoms with E-state index in [1.54, 1.807) is 43.4 Å². The molecule has 0 bridgehead atoms. The number of unbranched alkanes of at least 4 members (excludes halogenated alkanes) is 14. The lowest BCUT2D eigenvalue weighted by atomic mass is 10.0. The number of carbonyl (C=O) groups is 2. The molecule has 13 nitrogen and oxygen atoms in total. The van der Waals surface area contributed by atoms with E-state index in [1.807, 2.05) is 39.4 Å². The van der Waals surface area contributed by atoms with Crippen LogP contribution < -0.4 is 0 Å². The summed E-state index contributed by atoms with van der Waals surface area (Å²) in [4.78, 5) is 35.5. The predicted octanol–water partition coefficient (Wildman–Crippen LogP) is 8.90. The van der Waals surface area contributed by atoms with Crippen LogP contribution in [0.3, 0.4) is 0 Å². The Labute approximate surface area is 374 Å².